The Bertz CT molecular complexity index is 378. The second kappa shape index (κ2) is 7.38. The highest BCUT2D eigenvalue weighted by Gasteiger charge is 2.46. The molecule has 8 heteroatoms. The van der Waals surface area contributed by atoms with E-state index in [1.165, 1.54) is 11.0 Å². The number of halogens is 5. The van der Waals surface area contributed by atoms with Gasteiger partial charge in [0, 0.05) is 26.2 Å². The van der Waals surface area contributed by atoms with E-state index in [-0.39, 0.29) is 30.6 Å². The molecule has 1 aromatic rings. The Morgan fingerprint density at radius 3 is 2.21 bits per heavy atom. The van der Waals surface area contributed by atoms with E-state index in [0.717, 1.165) is 0 Å². The molecule has 112 valence electrons. The molecule has 1 saturated heterocycles. The monoisotopic (exact) mass is 320 g/mol. The van der Waals surface area contributed by atoms with Crippen LogP contribution in [0.1, 0.15) is 17.6 Å². The van der Waals surface area contributed by atoms with Gasteiger partial charge in [0.25, 0.3) is 0 Å². The van der Waals surface area contributed by atoms with Crippen molar-refractivity contribution in [2.75, 3.05) is 26.2 Å². The second-order valence-corrected chi connectivity index (χ2v) is 4.18. The van der Waals surface area contributed by atoms with E-state index in [4.69, 9.17) is 4.42 Å². The van der Waals surface area contributed by atoms with Crippen LogP contribution >= 0.6 is 24.8 Å². The van der Waals surface area contributed by atoms with Crippen LogP contribution in [0.3, 0.4) is 0 Å². The highest BCUT2D eigenvalue weighted by molar-refractivity contribution is 5.85. The minimum atomic E-state index is -4.30. The van der Waals surface area contributed by atoms with Crippen molar-refractivity contribution in [3.8, 4) is 0 Å². The van der Waals surface area contributed by atoms with Gasteiger partial charge in [0.2, 0.25) is 0 Å². The maximum atomic E-state index is 13.1. The van der Waals surface area contributed by atoms with Crippen LogP contribution in [0, 0.1) is 6.92 Å². The van der Waals surface area contributed by atoms with Crippen molar-refractivity contribution < 1.29 is 17.6 Å². The predicted molar refractivity (Wildman–Crippen MR) is 71.2 cm³/mol. The normalized spacial score (nSPS) is 18.3. The van der Waals surface area contributed by atoms with E-state index >= 15 is 0 Å². The van der Waals surface area contributed by atoms with E-state index < -0.39 is 12.2 Å². The Labute approximate surface area is 122 Å². The second-order valence-electron chi connectivity index (χ2n) is 4.18. The molecule has 0 aromatic carbocycles. The third kappa shape index (κ3) is 4.56. The molecule has 2 heterocycles. The van der Waals surface area contributed by atoms with Crippen molar-refractivity contribution in [3.05, 3.63) is 23.7 Å². The summed E-state index contributed by atoms with van der Waals surface area (Å²) >= 11 is 0. The number of nitrogens with zero attached hydrogens (tertiary/aromatic N) is 1. The van der Waals surface area contributed by atoms with E-state index in [1.54, 1.807) is 13.0 Å². The summed E-state index contributed by atoms with van der Waals surface area (Å²) in [6.07, 6.45) is -4.30. The number of rotatable bonds is 2. The average molecular weight is 321 g/mol. The van der Waals surface area contributed by atoms with Gasteiger partial charge < -0.3 is 9.73 Å². The molecule has 3 nitrogen and oxygen atoms in total. The van der Waals surface area contributed by atoms with Crippen LogP contribution in [-0.2, 0) is 0 Å². The lowest BCUT2D eigenvalue weighted by molar-refractivity contribution is -0.192. The predicted octanol–water partition coefficient (Wildman–Crippen LogP) is 2.94. The Morgan fingerprint density at radius 2 is 1.79 bits per heavy atom. The van der Waals surface area contributed by atoms with Gasteiger partial charge in [-0.15, -0.1) is 24.8 Å². The van der Waals surface area contributed by atoms with Crippen molar-refractivity contribution in [2.24, 2.45) is 0 Å². The third-order valence-electron chi connectivity index (χ3n) is 2.86. The molecule has 0 unspecified atom stereocenters. The molecule has 0 aliphatic carbocycles. The lowest BCUT2D eigenvalue weighted by Crippen LogP contribution is -2.48. The van der Waals surface area contributed by atoms with E-state index in [2.05, 4.69) is 5.32 Å². The molecular weight excluding hydrogens is 304 g/mol. The highest BCUT2D eigenvalue weighted by Crippen LogP contribution is 2.38. The Balaban J connectivity index is 0.00000162. The van der Waals surface area contributed by atoms with Crippen LogP contribution in [0.5, 0.6) is 0 Å². The number of nitrogens with one attached hydrogen (secondary N) is 1. The first-order valence-corrected chi connectivity index (χ1v) is 5.56. The first-order chi connectivity index (χ1) is 7.98. The quantitative estimate of drug-likeness (QED) is 0.908. The molecule has 0 amide bonds. The highest BCUT2D eigenvalue weighted by atomic mass is 35.5. The fraction of sp³-hybridized carbons (Fsp3) is 0.636. The van der Waals surface area contributed by atoms with Gasteiger partial charge in [-0.05, 0) is 19.1 Å². The van der Waals surface area contributed by atoms with Gasteiger partial charge in [-0.2, -0.15) is 13.2 Å². The standard InChI is InChI=1S/C11H15F3N2O.2ClH/c1-8-2-3-9(17-8)10(11(12,13)14)16-6-4-15-5-7-16;;/h2-3,10,15H,4-7H2,1H3;2*1H/t10-;;/m0../s1. The molecule has 19 heavy (non-hydrogen) atoms. The Morgan fingerprint density at radius 1 is 1.21 bits per heavy atom. The number of aryl methyl sites for hydroxylation is 1. The van der Waals surface area contributed by atoms with Crippen molar-refractivity contribution in [1.29, 1.82) is 0 Å². The summed E-state index contributed by atoms with van der Waals surface area (Å²) in [5.74, 6) is 0.487. The summed E-state index contributed by atoms with van der Waals surface area (Å²) in [6, 6.07) is 1.35. The van der Waals surface area contributed by atoms with Gasteiger partial charge in [0.15, 0.2) is 6.04 Å². The maximum Gasteiger partial charge on any atom is 0.411 e. The smallest absolute Gasteiger partial charge is 0.411 e. The van der Waals surface area contributed by atoms with Gasteiger partial charge in [-0.25, -0.2) is 0 Å². The summed E-state index contributed by atoms with van der Waals surface area (Å²) in [4.78, 5) is 1.41. The molecule has 0 radical (unpaired) electrons. The first kappa shape index (κ1) is 18.6. The number of hydrogen-bond donors (Lipinski definition) is 1. The van der Waals surface area contributed by atoms with Gasteiger partial charge in [-0.1, -0.05) is 0 Å². The lowest BCUT2D eigenvalue weighted by Gasteiger charge is -2.34. The average Bonchev–Trinajstić information content (AvgIpc) is 2.64. The van der Waals surface area contributed by atoms with Crippen molar-refractivity contribution in [1.82, 2.24) is 10.2 Å². The molecule has 0 bridgehead atoms. The lowest BCUT2D eigenvalue weighted by atomic mass is 10.1. The molecule has 1 atom stereocenters. The molecule has 1 aliphatic rings. The number of hydrogen-bond acceptors (Lipinski definition) is 3. The minimum Gasteiger partial charge on any atom is -0.464 e. The molecule has 1 N–H and O–H groups in total. The van der Waals surface area contributed by atoms with Gasteiger partial charge >= 0.3 is 6.18 Å². The number of alkyl halides is 3. The fourth-order valence-corrected chi connectivity index (χ4v) is 2.09. The Hall–Kier alpha value is -0.430. The fourth-order valence-electron chi connectivity index (χ4n) is 2.09. The maximum absolute atomic E-state index is 13.1. The van der Waals surface area contributed by atoms with E-state index in [1.807, 2.05) is 0 Å². The summed E-state index contributed by atoms with van der Waals surface area (Å²) in [7, 11) is 0. The van der Waals surface area contributed by atoms with Gasteiger partial charge in [0.05, 0.1) is 0 Å². The summed E-state index contributed by atoms with van der Waals surface area (Å²) in [5, 5.41) is 3.04. The first-order valence-electron chi connectivity index (χ1n) is 5.56. The Kier molecular flexibility index (Phi) is 7.21. The van der Waals surface area contributed by atoms with E-state index in [0.29, 0.717) is 31.9 Å². The zero-order valence-electron chi connectivity index (χ0n) is 10.4. The SMILES string of the molecule is Cc1ccc([C@H](N2CCNCC2)C(F)(F)F)o1.Cl.Cl. The van der Waals surface area contributed by atoms with Gasteiger partial charge in [-0.3, -0.25) is 4.90 Å². The minimum absolute atomic E-state index is 0. The molecule has 1 aliphatic heterocycles. The van der Waals surface area contributed by atoms with Crippen LogP contribution in [0.2, 0.25) is 0 Å². The van der Waals surface area contributed by atoms with Crippen molar-refractivity contribution in [2.45, 2.75) is 19.1 Å². The van der Waals surface area contributed by atoms with Crippen LogP contribution < -0.4 is 5.32 Å². The summed E-state index contributed by atoms with van der Waals surface area (Å²) in [5.41, 5.74) is 0. The molecule has 1 fully saturated rings. The number of piperazine rings is 1. The molecular formula is C11H17Cl2F3N2O. The van der Waals surface area contributed by atoms with Crippen molar-refractivity contribution in [3.63, 3.8) is 0 Å². The number of furan rings is 1. The zero-order chi connectivity index (χ0) is 12.5. The molecule has 0 saturated carbocycles. The van der Waals surface area contributed by atoms with Gasteiger partial charge in [0.1, 0.15) is 11.5 Å². The molecule has 2 rings (SSSR count). The topological polar surface area (TPSA) is 28.4 Å². The summed E-state index contributed by atoms with van der Waals surface area (Å²) < 4.78 is 44.4. The summed E-state index contributed by atoms with van der Waals surface area (Å²) in [6.45, 7) is 3.56. The molecule has 0 spiro atoms. The van der Waals surface area contributed by atoms with E-state index in [9.17, 15) is 13.2 Å². The van der Waals surface area contributed by atoms with Crippen LogP contribution in [-0.4, -0.2) is 37.3 Å². The zero-order valence-corrected chi connectivity index (χ0v) is 12.0. The van der Waals surface area contributed by atoms with Crippen LogP contribution in [0.25, 0.3) is 0 Å². The van der Waals surface area contributed by atoms with Crippen molar-refractivity contribution >= 4 is 24.8 Å². The third-order valence-corrected chi connectivity index (χ3v) is 2.86. The van der Waals surface area contributed by atoms with Crippen LogP contribution in [0.4, 0.5) is 13.2 Å². The largest absolute Gasteiger partial charge is 0.464 e. The molecule has 1 aromatic heterocycles. The van der Waals surface area contributed by atoms with Crippen LogP contribution in [0.15, 0.2) is 16.5 Å².